The highest BCUT2D eigenvalue weighted by Gasteiger charge is 2.37. The van der Waals surface area contributed by atoms with Crippen LogP contribution >= 0.6 is 23.1 Å². The molecule has 8 nitrogen and oxygen atoms in total. The number of para-hydroxylation sites is 2. The summed E-state index contributed by atoms with van der Waals surface area (Å²) in [5, 5.41) is 11.1. The average molecular weight is 477 g/mol. The van der Waals surface area contributed by atoms with Gasteiger partial charge in [-0.3, -0.25) is 14.4 Å². The number of carbonyl (C=O) groups excluding carboxylic acids is 1. The topological polar surface area (TPSA) is 101 Å². The van der Waals surface area contributed by atoms with Crippen LogP contribution in [-0.2, 0) is 14.8 Å². The van der Waals surface area contributed by atoms with Crippen molar-refractivity contribution in [3.63, 3.8) is 0 Å². The summed E-state index contributed by atoms with van der Waals surface area (Å²) in [7, 11) is -3.88. The van der Waals surface area contributed by atoms with E-state index in [9.17, 15) is 13.2 Å². The molecule has 1 aliphatic heterocycles. The molecule has 0 fully saturated rings. The van der Waals surface area contributed by atoms with Crippen LogP contribution in [-0.4, -0.2) is 42.9 Å². The van der Waals surface area contributed by atoms with E-state index in [0.717, 1.165) is 16.5 Å². The predicted molar refractivity (Wildman–Crippen MR) is 121 cm³/mol. The first kappa shape index (κ1) is 21.6. The predicted octanol–water partition coefficient (Wildman–Crippen LogP) is 3.64. The molecule has 0 saturated heterocycles. The van der Waals surface area contributed by atoms with E-state index in [1.165, 1.54) is 27.8 Å². The van der Waals surface area contributed by atoms with Crippen molar-refractivity contribution in [1.82, 2.24) is 10.2 Å². The Labute approximate surface area is 188 Å². The number of anilines is 2. The van der Waals surface area contributed by atoms with Gasteiger partial charge in [0.25, 0.3) is 15.9 Å². The average Bonchev–Trinajstić information content (AvgIpc) is 3.24. The monoisotopic (exact) mass is 476 g/mol. The number of benzene rings is 2. The van der Waals surface area contributed by atoms with Gasteiger partial charge >= 0.3 is 0 Å². The Morgan fingerprint density at radius 2 is 1.94 bits per heavy atom. The van der Waals surface area contributed by atoms with Crippen LogP contribution in [0.3, 0.4) is 0 Å². The molecule has 31 heavy (non-hydrogen) atoms. The highest BCUT2D eigenvalue weighted by molar-refractivity contribution is 8.01. The first-order chi connectivity index (χ1) is 15.0. The molecule has 1 aliphatic rings. The summed E-state index contributed by atoms with van der Waals surface area (Å²) in [6.45, 7) is 1.92. The van der Waals surface area contributed by atoms with Crippen molar-refractivity contribution in [2.24, 2.45) is 0 Å². The number of nitrogens with one attached hydrogen (secondary N) is 1. The third-order valence-electron chi connectivity index (χ3n) is 4.42. The first-order valence-corrected chi connectivity index (χ1v) is 12.8. The van der Waals surface area contributed by atoms with Gasteiger partial charge in [0.2, 0.25) is 5.13 Å². The molecule has 1 N–H and O–H groups in total. The van der Waals surface area contributed by atoms with Gasteiger partial charge in [-0.25, -0.2) is 8.42 Å². The Hall–Kier alpha value is -2.63. The summed E-state index contributed by atoms with van der Waals surface area (Å²) in [5.41, 5.74) is 0.393. The van der Waals surface area contributed by atoms with Gasteiger partial charge in [-0.15, -0.1) is 10.2 Å². The number of sulfonamides is 1. The molecule has 0 radical (unpaired) electrons. The third kappa shape index (κ3) is 4.68. The van der Waals surface area contributed by atoms with Gasteiger partial charge in [-0.05, 0) is 30.7 Å². The summed E-state index contributed by atoms with van der Waals surface area (Å²) < 4.78 is 34.4. The molecule has 0 bridgehead atoms. The molecular weight excluding hydrogens is 456 g/mol. The van der Waals surface area contributed by atoms with Crippen LogP contribution in [0.1, 0.15) is 13.3 Å². The molecule has 2 aromatic carbocycles. The number of aromatic nitrogens is 2. The molecule has 11 heteroatoms. The summed E-state index contributed by atoms with van der Waals surface area (Å²) >= 11 is 2.85. The van der Waals surface area contributed by atoms with Crippen LogP contribution in [0.4, 0.5) is 10.8 Å². The summed E-state index contributed by atoms with van der Waals surface area (Å²) in [6, 6.07) is 14.9. The number of ether oxygens (including phenoxy) is 1. The highest BCUT2D eigenvalue weighted by atomic mass is 32.2. The van der Waals surface area contributed by atoms with E-state index in [-0.39, 0.29) is 11.4 Å². The van der Waals surface area contributed by atoms with Crippen LogP contribution in [0.25, 0.3) is 0 Å². The number of nitrogens with zero attached hydrogens (tertiary/aromatic N) is 3. The smallest absolute Gasteiger partial charge is 0.269 e. The molecule has 3 aromatic rings. The Balaban J connectivity index is 1.58. The van der Waals surface area contributed by atoms with E-state index in [0.29, 0.717) is 16.6 Å². The lowest BCUT2D eigenvalue weighted by molar-refractivity contribution is -0.122. The van der Waals surface area contributed by atoms with Crippen LogP contribution < -0.4 is 14.4 Å². The molecule has 162 valence electrons. The molecule has 4 rings (SSSR count). The molecule has 0 aliphatic carbocycles. The maximum atomic E-state index is 13.3. The number of thioether (sulfide) groups is 1. The number of amides is 1. The van der Waals surface area contributed by atoms with E-state index in [1.807, 2.05) is 0 Å². The number of carbonyl (C=O) groups is 1. The van der Waals surface area contributed by atoms with Crippen LogP contribution in [0, 0.1) is 0 Å². The fraction of sp³-hybridized carbons (Fsp3) is 0.250. The van der Waals surface area contributed by atoms with Gasteiger partial charge in [0.1, 0.15) is 5.75 Å². The van der Waals surface area contributed by atoms with Crippen LogP contribution in [0.15, 0.2) is 63.8 Å². The van der Waals surface area contributed by atoms with Gasteiger partial charge in [0.05, 0.1) is 17.1 Å². The zero-order chi connectivity index (χ0) is 21.8. The van der Waals surface area contributed by atoms with Crippen molar-refractivity contribution < 1.29 is 17.9 Å². The van der Waals surface area contributed by atoms with Gasteiger partial charge in [0, 0.05) is 5.75 Å². The van der Waals surface area contributed by atoms with Gasteiger partial charge < -0.3 is 4.74 Å². The van der Waals surface area contributed by atoms with Crippen molar-refractivity contribution >= 4 is 49.8 Å². The molecule has 1 aromatic heterocycles. The minimum absolute atomic E-state index is 0.146. The molecular formula is C20H20N4O4S3. The summed E-state index contributed by atoms with van der Waals surface area (Å²) in [4.78, 5) is 13.0. The van der Waals surface area contributed by atoms with Crippen molar-refractivity contribution in [3.05, 3.63) is 54.6 Å². The summed E-state index contributed by atoms with van der Waals surface area (Å²) in [5.74, 6) is 0.757. The number of hydrogen-bond donors (Lipinski definition) is 1. The highest BCUT2D eigenvalue weighted by Crippen LogP contribution is 2.37. The van der Waals surface area contributed by atoms with Gasteiger partial charge in [-0.2, -0.15) is 0 Å². The number of fused-ring (bicyclic) bond motifs is 1. The van der Waals surface area contributed by atoms with Gasteiger partial charge in [0.15, 0.2) is 10.4 Å². The van der Waals surface area contributed by atoms with Crippen molar-refractivity contribution in [1.29, 1.82) is 0 Å². The molecule has 2 heterocycles. The zero-order valence-electron chi connectivity index (χ0n) is 16.6. The maximum absolute atomic E-state index is 13.3. The Morgan fingerprint density at radius 1 is 1.19 bits per heavy atom. The van der Waals surface area contributed by atoms with E-state index < -0.39 is 22.0 Å². The molecule has 0 spiro atoms. The van der Waals surface area contributed by atoms with Crippen molar-refractivity contribution in [2.45, 2.75) is 28.7 Å². The normalized spacial score (nSPS) is 15.8. The summed E-state index contributed by atoms with van der Waals surface area (Å²) in [6.07, 6.45) is -0.0310. The lowest BCUT2D eigenvalue weighted by atomic mass is 10.2. The van der Waals surface area contributed by atoms with Crippen molar-refractivity contribution in [2.75, 3.05) is 21.9 Å². The van der Waals surface area contributed by atoms with E-state index >= 15 is 0 Å². The fourth-order valence-corrected chi connectivity index (χ4v) is 6.16. The Morgan fingerprint density at radius 3 is 2.71 bits per heavy atom. The Kier molecular flexibility index (Phi) is 6.44. The molecule has 0 saturated carbocycles. The maximum Gasteiger partial charge on any atom is 0.269 e. The molecule has 1 unspecified atom stereocenters. The first-order valence-electron chi connectivity index (χ1n) is 9.59. The SMILES string of the molecule is CCCSc1nnc(NC(=O)C2CN(S(=O)(=O)c3ccccc3)c3ccccc3O2)s1. The second kappa shape index (κ2) is 9.25. The van der Waals surface area contributed by atoms with E-state index in [1.54, 1.807) is 54.2 Å². The molecule has 1 atom stereocenters. The second-order valence-electron chi connectivity index (χ2n) is 6.63. The standard InChI is InChI=1S/C20H20N4O4S3/c1-2-12-29-20-23-22-19(30-20)21-18(25)17-13-24(15-10-6-7-11-16(15)28-17)31(26,27)14-8-4-3-5-9-14/h3-11,17H,2,12-13H2,1H3,(H,21,22,25). The van der Waals surface area contributed by atoms with Gasteiger partial charge in [-0.1, -0.05) is 60.4 Å². The van der Waals surface area contributed by atoms with Crippen molar-refractivity contribution in [3.8, 4) is 5.75 Å². The fourth-order valence-electron chi connectivity index (χ4n) is 2.98. The third-order valence-corrected chi connectivity index (χ3v) is 8.40. The zero-order valence-corrected chi connectivity index (χ0v) is 19.0. The number of rotatable bonds is 7. The van der Waals surface area contributed by atoms with E-state index in [2.05, 4.69) is 22.4 Å². The second-order valence-corrected chi connectivity index (χ2v) is 10.8. The molecule has 1 amide bonds. The number of hydrogen-bond acceptors (Lipinski definition) is 8. The van der Waals surface area contributed by atoms with E-state index in [4.69, 9.17) is 4.74 Å². The lowest BCUT2D eigenvalue weighted by Crippen LogP contribution is -2.48. The minimum Gasteiger partial charge on any atom is -0.476 e. The van der Waals surface area contributed by atoms with Crippen LogP contribution in [0.5, 0.6) is 5.75 Å². The quantitative estimate of drug-likeness (QED) is 0.410. The largest absolute Gasteiger partial charge is 0.476 e. The van der Waals surface area contributed by atoms with Crippen LogP contribution in [0.2, 0.25) is 0 Å². The lowest BCUT2D eigenvalue weighted by Gasteiger charge is -2.34. The Bertz CT molecular complexity index is 1170. The minimum atomic E-state index is -3.88.